The topological polar surface area (TPSA) is 65.0 Å². The first-order chi connectivity index (χ1) is 14.1. The second kappa shape index (κ2) is 8.56. The van der Waals surface area contributed by atoms with E-state index in [1.54, 1.807) is 24.3 Å². The van der Waals surface area contributed by atoms with E-state index in [1.165, 1.54) is 43.4 Å². The number of aliphatic imine (C=N–C) groups is 1. The minimum absolute atomic E-state index is 0.163. The molecule has 1 aromatic rings. The Labute approximate surface area is 173 Å². The van der Waals surface area contributed by atoms with Gasteiger partial charge in [0.1, 0.15) is 0 Å². The third-order valence-corrected chi connectivity index (χ3v) is 6.83. The predicted molar refractivity (Wildman–Crippen MR) is 114 cm³/mol. The first-order valence-corrected chi connectivity index (χ1v) is 11.0. The lowest BCUT2D eigenvalue weighted by molar-refractivity contribution is 0.0652. The number of rotatable bonds is 5. The molecule has 0 atom stereocenters. The number of guanidine groups is 1. The number of nitrogens with one attached hydrogen (secondary N) is 1. The van der Waals surface area contributed by atoms with Gasteiger partial charge in [0.05, 0.1) is 11.1 Å². The summed E-state index contributed by atoms with van der Waals surface area (Å²) in [6, 6.07) is 7.07. The van der Waals surface area contributed by atoms with Crippen molar-refractivity contribution in [3.05, 3.63) is 35.4 Å². The fourth-order valence-electron chi connectivity index (χ4n) is 5.20. The van der Waals surface area contributed by atoms with Gasteiger partial charge in [0.25, 0.3) is 11.8 Å². The molecule has 0 aromatic heterocycles. The lowest BCUT2D eigenvalue weighted by Gasteiger charge is -2.33. The van der Waals surface area contributed by atoms with Gasteiger partial charge in [-0.1, -0.05) is 31.4 Å². The zero-order valence-electron chi connectivity index (χ0n) is 17.5. The number of benzene rings is 1. The Morgan fingerprint density at radius 2 is 1.72 bits per heavy atom. The fraction of sp³-hybridized carbons (Fsp3) is 0.609. The molecule has 2 aliphatic heterocycles. The predicted octanol–water partition coefficient (Wildman–Crippen LogP) is 3.29. The highest BCUT2D eigenvalue weighted by molar-refractivity contribution is 6.21. The van der Waals surface area contributed by atoms with Gasteiger partial charge in [0, 0.05) is 33.2 Å². The second-order valence-electron chi connectivity index (χ2n) is 8.72. The maximum absolute atomic E-state index is 12.4. The first kappa shape index (κ1) is 19.9. The van der Waals surface area contributed by atoms with E-state index in [2.05, 4.69) is 15.2 Å². The smallest absolute Gasteiger partial charge is 0.261 e. The van der Waals surface area contributed by atoms with Gasteiger partial charge in [-0.2, -0.15) is 0 Å². The molecule has 1 aliphatic carbocycles. The molecular weight excluding hydrogens is 364 g/mol. The quantitative estimate of drug-likeness (QED) is 0.359. The summed E-state index contributed by atoms with van der Waals surface area (Å²) in [6.07, 6.45) is 9.83. The Kier molecular flexibility index (Phi) is 5.88. The normalized spacial score (nSPS) is 21.2. The van der Waals surface area contributed by atoms with Gasteiger partial charge in [0.2, 0.25) is 0 Å². The van der Waals surface area contributed by atoms with Crippen LogP contribution >= 0.6 is 0 Å². The van der Waals surface area contributed by atoms with Crippen molar-refractivity contribution in [1.29, 1.82) is 0 Å². The molecule has 2 heterocycles. The molecule has 2 fully saturated rings. The van der Waals surface area contributed by atoms with Gasteiger partial charge in [0.15, 0.2) is 5.96 Å². The number of carbonyl (C=O) groups excluding carboxylic acids is 2. The number of imide groups is 1. The van der Waals surface area contributed by atoms with Crippen LogP contribution < -0.4 is 5.32 Å². The third-order valence-electron chi connectivity index (χ3n) is 6.83. The van der Waals surface area contributed by atoms with Crippen molar-refractivity contribution in [3.8, 4) is 0 Å². The van der Waals surface area contributed by atoms with Crippen LogP contribution in [0.4, 0.5) is 0 Å². The van der Waals surface area contributed by atoms with E-state index in [-0.39, 0.29) is 11.8 Å². The Hall–Kier alpha value is -2.37. The number of hydrogen-bond acceptors (Lipinski definition) is 3. The molecule has 6 nitrogen and oxygen atoms in total. The Balaban J connectivity index is 1.21. The van der Waals surface area contributed by atoms with E-state index in [4.69, 9.17) is 0 Å². The summed E-state index contributed by atoms with van der Waals surface area (Å²) >= 11 is 0. The van der Waals surface area contributed by atoms with Crippen LogP contribution in [0.25, 0.3) is 0 Å². The van der Waals surface area contributed by atoms with Crippen molar-refractivity contribution < 1.29 is 9.59 Å². The summed E-state index contributed by atoms with van der Waals surface area (Å²) < 4.78 is 0. The minimum atomic E-state index is -0.163. The van der Waals surface area contributed by atoms with Gasteiger partial charge in [-0.3, -0.25) is 19.5 Å². The SMILES string of the molecule is CN=C(NCCCCN1C(=O)c2ccccc2C1=O)N1CCC2(CCCCC2)C1. The average Bonchev–Trinajstić information content (AvgIpc) is 3.25. The molecule has 1 N–H and O–H groups in total. The largest absolute Gasteiger partial charge is 0.356 e. The molecule has 3 aliphatic rings. The van der Waals surface area contributed by atoms with Gasteiger partial charge in [-0.25, -0.2) is 0 Å². The van der Waals surface area contributed by atoms with Crippen LogP contribution in [0.15, 0.2) is 29.3 Å². The summed E-state index contributed by atoms with van der Waals surface area (Å²) in [6.45, 7) is 3.50. The molecule has 1 aromatic carbocycles. The first-order valence-electron chi connectivity index (χ1n) is 11.0. The highest BCUT2D eigenvalue weighted by Gasteiger charge is 2.39. The highest BCUT2D eigenvalue weighted by atomic mass is 16.2. The van der Waals surface area contributed by atoms with E-state index in [9.17, 15) is 9.59 Å². The minimum Gasteiger partial charge on any atom is -0.356 e. The van der Waals surface area contributed by atoms with E-state index >= 15 is 0 Å². The monoisotopic (exact) mass is 396 g/mol. The Morgan fingerprint density at radius 3 is 2.38 bits per heavy atom. The average molecular weight is 397 g/mol. The van der Waals surface area contributed by atoms with Crippen molar-refractivity contribution in [1.82, 2.24) is 15.1 Å². The summed E-state index contributed by atoms with van der Waals surface area (Å²) in [5.74, 6) is 0.668. The van der Waals surface area contributed by atoms with Gasteiger partial charge in [-0.15, -0.1) is 0 Å². The van der Waals surface area contributed by atoms with Crippen molar-refractivity contribution in [2.24, 2.45) is 10.4 Å². The van der Waals surface area contributed by atoms with Gasteiger partial charge >= 0.3 is 0 Å². The van der Waals surface area contributed by atoms with Crippen LogP contribution in [-0.2, 0) is 0 Å². The molecule has 0 unspecified atom stereocenters. The fourth-order valence-corrected chi connectivity index (χ4v) is 5.20. The van der Waals surface area contributed by atoms with Gasteiger partial charge < -0.3 is 10.2 Å². The number of hydrogen-bond donors (Lipinski definition) is 1. The maximum atomic E-state index is 12.4. The molecule has 6 heteroatoms. The zero-order valence-corrected chi connectivity index (χ0v) is 17.5. The van der Waals surface area contributed by atoms with Crippen LogP contribution in [0, 0.1) is 5.41 Å². The van der Waals surface area contributed by atoms with Crippen LogP contribution in [0.5, 0.6) is 0 Å². The second-order valence-corrected chi connectivity index (χ2v) is 8.72. The Morgan fingerprint density at radius 1 is 1.03 bits per heavy atom. The van der Waals surface area contributed by atoms with Gasteiger partial charge in [-0.05, 0) is 49.7 Å². The highest BCUT2D eigenvalue weighted by Crippen LogP contribution is 2.43. The molecule has 1 saturated carbocycles. The van der Waals surface area contributed by atoms with Crippen LogP contribution in [0.2, 0.25) is 0 Å². The number of nitrogens with zero attached hydrogens (tertiary/aromatic N) is 3. The number of carbonyl (C=O) groups is 2. The number of amides is 2. The maximum Gasteiger partial charge on any atom is 0.261 e. The summed E-state index contributed by atoms with van der Waals surface area (Å²) in [7, 11) is 1.85. The molecule has 2 amide bonds. The molecule has 29 heavy (non-hydrogen) atoms. The van der Waals surface area contributed by atoms with Crippen LogP contribution in [-0.4, -0.2) is 60.8 Å². The lowest BCUT2D eigenvalue weighted by Crippen LogP contribution is -2.42. The molecule has 4 rings (SSSR count). The summed E-state index contributed by atoms with van der Waals surface area (Å²) in [4.78, 5) is 33.1. The van der Waals surface area contributed by atoms with Crippen molar-refractivity contribution >= 4 is 17.8 Å². The summed E-state index contributed by atoms with van der Waals surface area (Å²) in [5, 5.41) is 3.49. The molecule has 0 radical (unpaired) electrons. The van der Waals surface area contributed by atoms with Crippen LogP contribution in [0.3, 0.4) is 0 Å². The van der Waals surface area contributed by atoms with Crippen molar-refractivity contribution in [3.63, 3.8) is 0 Å². The van der Waals surface area contributed by atoms with Crippen molar-refractivity contribution in [2.45, 2.75) is 51.4 Å². The molecule has 1 saturated heterocycles. The lowest BCUT2D eigenvalue weighted by atomic mass is 9.73. The summed E-state index contributed by atoms with van der Waals surface area (Å²) in [5.41, 5.74) is 1.57. The molecule has 156 valence electrons. The molecular formula is C23H32N4O2. The van der Waals surface area contributed by atoms with E-state index in [0.717, 1.165) is 38.4 Å². The van der Waals surface area contributed by atoms with Crippen LogP contribution in [0.1, 0.15) is 72.1 Å². The number of likely N-dealkylation sites (tertiary alicyclic amines) is 1. The zero-order chi connectivity index (χ0) is 20.3. The number of unbranched alkanes of at least 4 members (excludes halogenated alkanes) is 1. The molecule has 0 bridgehead atoms. The standard InChI is InChI=1S/C23H32N4O2/c1-24-22(26-16-13-23(17-26)11-5-2-6-12-23)25-14-7-8-15-27-20(28)18-9-3-4-10-19(18)21(27)29/h3-4,9-10H,2,5-8,11-17H2,1H3,(H,24,25). The number of fused-ring (bicyclic) bond motifs is 1. The van der Waals surface area contributed by atoms with Crippen molar-refractivity contribution in [2.75, 3.05) is 33.2 Å². The Bertz CT molecular complexity index is 763. The van der Waals surface area contributed by atoms with E-state index in [1.807, 2.05) is 7.05 Å². The molecule has 1 spiro atoms. The van der Waals surface area contributed by atoms with E-state index < -0.39 is 0 Å². The van der Waals surface area contributed by atoms with E-state index in [0.29, 0.717) is 23.1 Å². The third kappa shape index (κ3) is 4.02.